The molecule has 0 unspecified atom stereocenters. The fourth-order valence-electron chi connectivity index (χ4n) is 7.23. The lowest BCUT2D eigenvalue weighted by atomic mass is 9.91. The van der Waals surface area contributed by atoms with E-state index in [9.17, 15) is 13.2 Å². The van der Waals surface area contributed by atoms with E-state index in [1.807, 2.05) is 122 Å². The number of hydrogen-bond acceptors (Lipinski definition) is 3. The van der Waals surface area contributed by atoms with Crippen LogP contribution >= 0.6 is 0 Å². The second-order valence-electron chi connectivity index (χ2n) is 13.6. The molecule has 0 spiro atoms. The van der Waals surface area contributed by atoms with E-state index in [-0.39, 0.29) is 0 Å². The molecule has 8 heteroatoms. The molecule has 2 aromatic heterocycles. The fraction of sp³-hybridized carbons (Fsp3) is 0.0417. The van der Waals surface area contributed by atoms with Crippen molar-refractivity contribution in [2.75, 3.05) is 0 Å². The quantitative estimate of drug-likeness (QED) is 0.160. The number of halogens is 3. The minimum atomic E-state index is -4.50. The van der Waals surface area contributed by atoms with Gasteiger partial charge in [0.1, 0.15) is 0 Å². The molecule has 0 aliphatic carbocycles. The molecule has 0 fully saturated rings. The lowest BCUT2D eigenvalue weighted by Gasteiger charge is -2.21. The van der Waals surface area contributed by atoms with Gasteiger partial charge >= 0.3 is 6.18 Å². The minimum absolute atomic E-state index is 0.412. The Bertz CT molecular complexity index is 2890. The van der Waals surface area contributed by atoms with Gasteiger partial charge in [0, 0.05) is 33.2 Å². The molecule has 56 heavy (non-hydrogen) atoms. The molecule has 0 atom stereocenters. The smallest absolute Gasteiger partial charge is 0.308 e. The summed E-state index contributed by atoms with van der Waals surface area (Å²) in [7, 11) is 0. The van der Waals surface area contributed by atoms with E-state index in [1.54, 1.807) is 6.07 Å². The third kappa shape index (κ3) is 6.25. The van der Waals surface area contributed by atoms with Crippen LogP contribution in [0.5, 0.6) is 0 Å². The summed E-state index contributed by atoms with van der Waals surface area (Å²) in [6.45, 7) is 9.76. The first-order chi connectivity index (χ1) is 27.2. The molecule has 2 heterocycles. The number of benzene rings is 7. The summed E-state index contributed by atoms with van der Waals surface area (Å²) in [6.07, 6.45) is -4.50. The average molecular weight is 734 g/mol. The van der Waals surface area contributed by atoms with Gasteiger partial charge in [-0.1, -0.05) is 127 Å². The second-order valence-corrected chi connectivity index (χ2v) is 13.6. The van der Waals surface area contributed by atoms with Crippen LogP contribution in [0, 0.1) is 13.5 Å². The van der Waals surface area contributed by atoms with E-state index in [2.05, 4.69) is 27.6 Å². The Morgan fingerprint density at radius 3 is 1.55 bits per heavy atom. The van der Waals surface area contributed by atoms with Crippen LogP contribution in [0.25, 0.3) is 88.8 Å². The minimum Gasteiger partial charge on any atom is -0.308 e. The van der Waals surface area contributed by atoms with Crippen LogP contribution < -0.4 is 0 Å². The number of hydrogen-bond donors (Lipinski definition) is 0. The Balaban J connectivity index is 1.41. The average Bonchev–Trinajstić information content (AvgIpc) is 3.57. The van der Waals surface area contributed by atoms with Crippen molar-refractivity contribution in [2.24, 2.45) is 0 Å². The summed E-state index contributed by atoms with van der Waals surface area (Å²) in [4.78, 5) is 18.7. The molecule has 0 bridgehead atoms. The molecular formula is C48H30F3N5. The summed E-state index contributed by atoms with van der Waals surface area (Å²) in [6, 6.07) is 50.5. The molecule has 268 valence electrons. The van der Waals surface area contributed by atoms with Gasteiger partial charge in [-0.3, -0.25) is 0 Å². The van der Waals surface area contributed by atoms with Crippen LogP contribution in [0.1, 0.15) is 11.1 Å². The SMILES string of the molecule is [C-]#[N+]c1ccc2c(c1)c1ccccc1n2-c1c(-c2ccc(C)cc2)cc(-c2nc(-c3ccccc3)nc(-c3ccccc3)n2)cc1-c1ccc(C(F)(F)F)cc1. The van der Waals surface area contributed by atoms with Gasteiger partial charge in [0.25, 0.3) is 0 Å². The van der Waals surface area contributed by atoms with Gasteiger partial charge in [0.05, 0.1) is 28.9 Å². The van der Waals surface area contributed by atoms with Gasteiger partial charge in [0.15, 0.2) is 23.2 Å². The monoisotopic (exact) mass is 733 g/mol. The highest BCUT2D eigenvalue weighted by Gasteiger charge is 2.30. The van der Waals surface area contributed by atoms with Crippen LogP contribution in [0.2, 0.25) is 0 Å². The van der Waals surface area contributed by atoms with Crippen LogP contribution in [0.15, 0.2) is 164 Å². The molecule has 0 saturated carbocycles. The molecule has 7 aromatic carbocycles. The number of fused-ring (bicyclic) bond motifs is 3. The van der Waals surface area contributed by atoms with Crippen molar-refractivity contribution in [1.82, 2.24) is 19.5 Å². The van der Waals surface area contributed by atoms with Crippen molar-refractivity contribution in [3.63, 3.8) is 0 Å². The van der Waals surface area contributed by atoms with E-state index < -0.39 is 11.7 Å². The predicted molar refractivity (Wildman–Crippen MR) is 217 cm³/mol. The van der Waals surface area contributed by atoms with Crippen molar-refractivity contribution in [3.8, 4) is 62.1 Å². The number of para-hydroxylation sites is 1. The summed E-state index contributed by atoms with van der Waals surface area (Å²) in [5.74, 6) is 1.39. The highest BCUT2D eigenvalue weighted by molar-refractivity contribution is 6.11. The Morgan fingerprint density at radius 1 is 0.500 bits per heavy atom. The molecule has 0 radical (unpaired) electrons. The summed E-state index contributed by atoms with van der Waals surface area (Å²) < 4.78 is 44.0. The summed E-state index contributed by atoms with van der Waals surface area (Å²) in [5, 5.41) is 1.84. The Hall–Kier alpha value is -7.37. The Labute approximate surface area is 320 Å². The zero-order valence-electron chi connectivity index (χ0n) is 30.0. The highest BCUT2D eigenvalue weighted by Crippen LogP contribution is 2.45. The van der Waals surface area contributed by atoms with Crippen LogP contribution in [-0.4, -0.2) is 19.5 Å². The zero-order chi connectivity index (χ0) is 38.4. The molecule has 0 N–H and O–H groups in total. The van der Waals surface area contributed by atoms with E-state index in [1.165, 1.54) is 12.1 Å². The standard InChI is InChI=1S/C48H30F3N5/c1-30-17-19-31(20-18-30)39-27-35(47-54-45(33-11-5-3-6-12-33)53-46(55-47)34-13-7-4-8-14-34)28-40(32-21-23-36(24-22-32)48(49,50)51)44(39)56-42-16-10-9-15-38(42)41-29-37(52-2)25-26-43(41)56/h3-29H,1H3. The number of rotatable bonds is 6. The Kier molecular flexibility index (Phi) is 8.48. The van der Waals surface area contributed by atoms with Crippen molar-refractivity contribution in [1.29, 1.82) is 0 Å². The maximum Gasteiger partial charge on any atom is 0.416 e. The fourth-order valence-corrected chi connectivity index (χ4v) is 7.23. The third-order valence-corrected chi connectivity index (χ3v) is 9.96. The van der Waals surface area contributed by atoms with Crippen molar-refractivity contribution < 1.29 is 13.2 Å². The number of nitrogens with zero attached hydrogens (tertiary/aromatic N) is 5. The molecule has 0 amide bonds. The highest BCUT2D eigenvalue weighted by atomic mass is 19.4. The first kappa shape index (κ1) is 34.4. The largest absolute Gasteiger partial charge is 0.416 e. The zero-order valence-corrected chi connectivity index (χ0v) is 30.0. The first-order valence-electron chi connectivity index (χ1n) is 18.0. The van der Waals surface area contributed by atoms with Crippen molar-refractivity contribution in [2.45, 2.75) is 13.1 Å². The third-order valence-electron chi connectivity index (χ3n) is 9.96. The van der Waals surface area contributed by atoms with Gasteiger partial charge in [0.2, 0.25) is 0 Å². The maximum atomic E-state index is 13.9. The van der Waals surface area contributed by atoms with E-state index in [0.29, 0.717) is 39.9 Å². The van der Waals surface area contributed by atoms with Gasteiger partial charge in [-0.25, -0.2) is 19.8 Å². The summed E-state index contributed by atoms with van der Waals surface area (Å²) in [5.41, 5.74) is 8.60. The normalized spacial score (nSPS) is 11.6. The van der Waals surface area contributed by atoms with Crippen molar-refractivity contribution >= 4 is 27.5 Å². The van der Waals surface area contributed by atoms with Gasteiger partial charge in [-0.15, -0.1) is 0 Å². The maximum absolute atomic E-state index is 13.9. The molecule has 5 nitrogen and oxygen atoms in total. The lowest BCUT2D eigenvalue weighted by Crippen LogP contribution is -2.05. The number of alkyl halides is 3. The van der Waals surface area contributed by atoms with Gasteiger partial charge in [-0.05, 0) is 65.9 Å². The van der Waals surface area contributed by atoms with E-state index in [0.717, 1.165) is 67.4 Å². The topological polar surface area (TPSA) is 48.0 Å². The molecular weight excluding hydrogens is 704 g/mol. The number of aromatic nitrogens is 4. The Morgan fingerprint density at radius 2 is 1.00 bits per heavy atom. The van der Waals surface area contributed by atoms with E-state index >= 15 is 0 Å². The molecule has 9 aromatic rings. The van der Waals surface area contributed by atoms with Crippen molar-refractivity contribution in [3.05, 3.63) is 186 Å². The van der Waals surface area contributed by atoms with Gasteiger partial charge < -0.3 is 4.57 Å². The molecule has 0 aliphatic rings. The van der Waals surface area contributed by atoms with E-state index in [4.69, 9.17) is 21.5 Å². The molecule has 0 saturated heterocycles. The van der Waals surface area contributed by atoms with Crippen LogP contribution in [-0.2, 0) is 6.18 Å². The second kappa shape index (κ2) is 13.8. The first-order valence-corrected chi connectivity index (χ1v) is 18.0. The lowest BCUT2D eigenvalue weighted by molar-refractivity contribution is -0.137. The predicted octanol–water partition coefficient (Wildman–Crippen LogP) is 13.2. The molecule has 9 rings (SSSR count). The van der Waals surface area contributed by atoms with Gasteiger partial charge in [-0.2, -0.15) is 13.2 Å². The summed E-state index contributed by atoms with van der Waals surface area (Å²) >= 11 is 0. The van der Waals surface area contributed by atoms with Crippen LogP contribution in [0.4, 0.5) is 18.9 Å². The number of aryl methyl sites for hydroxylation is 1. The van der Waals surface area contributed by atoms with Crippen LogP contribution in [0.3, 0.4) is 0 Å². The molecule has 0 aliphatic heterocycles.